The highest BCUT2D eigenvalue weighted by Gasteiger charge is 2.50. The summed E-state index contributed by atoms with van der Waals surface area (Å²) in [5, 5.41) is 3.47. The second-order valence-corrected chi connectivity index (χ2v) is 16.9. The molecule has 52 heavy (non-hydrogen) atoms. The fourth-order valence-corrected chi connectivity index (χ4v) is 7.24. The molecule has 2 bridgehead atoms. The highest BCUT2D eigenvalue weighted by atomic mass is 35.6. The van der Waals surface area contributed by atoms with Gasteiger partial charge in [-0.25, -0.2) is 4.79 Å². The number of carbonyl (C=O) groups is 2. The summed E-state index contributed by atoms with van der Waals surface area (Å²) in [7, 11) is 0. The lowest BCUT2D eigenvalue weighted by Gasteiger charge is -2.48. The number of benzene rings is 3. The summed E-state index contributed by atoms with van der Waals surface area (Å²) in [4.78, 5) is 32.6. The van der Waals surface area contributed by atoms with Gasteiger partial charge in [0.2, 0.25) is 3.79 Å². The van der Waals surface area contributed by atoms with E-state index in [1.807, 2.05) is 23.1 Å². The summed E-state index contributed by atoms with van der Waals surface area (Å²) < 4.78 is 10.3. The first-order valence-electron chi connectivity index (χ1n) is 17.9. The molecule has 7 nitrogen and oxygen atoms in total. The molecule has 11 heteroatoms. The third-order valence-electron chi connectivity index (χ3n) is 10.6. The average molecular weight is 790 g/mol. The fourth-order valence-electron chi connectivity index (χ4n) is 7.12. The molecule has 1 saturated heterocycles. The predicted molar refractivity (Wildman–Crippen MR) is 213 cm³/mol. The number of ether oxygens (including phenoxy) is 2. The van der Waals surface area contributed by atoms with E-state index in [1.54, 1.807) is 18.7 Å². The number of hydrogen-bond donors (Lipinski definition) is 1. The van der Waals surface area contributed by atoms with Crippen LogP contribution in [0.2, 0.25) is 0 Å². The zero-order chi connectivity index (χ0) is 36.5. The van der Waals surface area contributed by atoms with Crippen LogP contribution in [0.15, 0.2) is 72.3 Å². The first-order chi connectivity index (χ1) is 24.2. The fraction of sp³-hybridized carbons (Fsp3) is 0.463. The van der Waals surface area contributed by atoms with E-state index in [9.17, 15) is 9.59 Å². The normalized spacial score (nSPS) is 18.8. The van der Waals surface area contributed by atoms with E-state index in [-0.39, 0.29) is 30.4 Å². The van der Waals surface area contributed by atoms with E-state index >= 15 is 0 Å². The monoisotopic (exact) mass is 787 g/mol. The van der Waals surface area contributed by atoms with Gasteiger partial charge in [0.1, 0.15) is 5.75 Å². The van der Waals surface area contributed by atoms with Crippen LogP contribution in [0.1, 0.15) is 66.5 Å². The van der Waals surface area contributed by atoms with Gasteiger partial charge >= 0.3 is 6.09 Å². The third kappa shape index (κ3) is 8.88. The van der Waals surface area contributed by atoms with E-state index in [1.165, 1.54) is 16.7 Å². The first-order valence-corrected chi connectivity index (χ1v) is 19.0. The summed E-state index contributed by atoms with van der Waals surface area (Å²) in [6.07, 6.45) is 3.33. The van der Waals surface area contributed by atoms with Gasteiger partial charge in [0.25, 0.3) is 5.91 Å². The lowest BCUT2D eigenvalue weighted by molar-refractivity contribution is -0.128. The Hall–Kier alpha value is -2.94. The number of alkyl halides is 3. The number of piperazine rings is 1. The van der Waals surface area contributed by atoms with Crippen LogP contribution in [-0.4, -0.2) is 75.6 Å². The van der Waals surface area contributed by atoms with Gasteiger partial charge in [0.15, 0.2) is 5.60 Å². The Labute approximate surface area is 329 Å². The molecule has 2 aliphatic heterocycles. The van der Waals surface area contributed by atoms with Crippen molar-refractivity contribution in [3.05, 3.63) is 106 Å². The van der Waals surface area contributed by atoms with Crippen molar-refractivity contribution in [2.24, 2.45) is 0 Å². The average Bonchev–Trinajstić information content (AvgIpc) is 3.93. The molecule has 6 rings (SSSR count). The Morgan fingerprint density at radius 1 is 0.885 bits per heavy atom. The first kappa shape index (κ1) is 40.2. The van der Waals surface area contributed by atoms with Crippen molar-refractivity contribution in [2.45, 2.75) is 94.2 Å². The molecular weight excluding hydrogens is 740 g/mol. The van der Waals surface area contributed by atoms with Gasteiger partial charge in [0.05, 0.1) is 18.7 Å². The molecule has 0 radical (unpaired) electrons. The van der Waals surface area contributed by atoms with E-state index in [0.29, 0.717) is 38.2 Å². The lowest BCUT2D eigenvalue weighted by atomic mass is 9.81. The molecule has 0 spiro atoms. The molecule has 2 heterocycles. The highest BCUT2D eigenvalue weighted by molar-refractivity contribution is 6.68. The smallest absolute Gasteiger partial charge is 0.411 e. The van der Waals surface area contributed by atoms with Crippen molar-refractivity contribution in [3.63, 3.8) is 0 Å². The van der Waals surface area contributed by atoms with Crippen molar-refractivity contribution < 1.29 is 19.1 Å². The molecule has 2 fully saturated rings. The van der Waals surface area contributed by atoms with Crippen LogP contribution in [0.5, 0.6) is 5.75 Å². The van der Waals surface area contributed by atoms with Crippen molar-refractivity contribution in [1.82, 2.24) is 15.1 Å². The topological polar surface area (TPSA) is 71.1 Å². The summed E-state index contributed by atoms with van der Waals surface area (Å²) in [5.41, 5.74) is 7.04. The standard InChI is InChI=1S/C41H48Cl3N3O4.ClH/c1-26-11-12-27(2)37(28(26)3)50-22-20-30-13-15-31(16-14-30)34-23-33-24-45-25-35(47(33)39(49)51-40(4,5)41(42,43)44)36(34)38(48)46(32-17-18-32)21-19-29-9-7-6-8-10-29;/h6-16,32-33,35,45H,17-25H2,1-5H3;1H/t33?,35-;/m1./s1. The van der Waals surface area contributed by atoms with Crippen molar-refractivity contribution >= 4 is 64.8 Å². The van der Waals surface area contributed by atoms with Crippen LogP contribution in [0.25, 0.3) is 5.57 Å². The minimum Gasteiger partial charge on any atom is -0.493 e. The number of nitrogens with one attached hydrogen (secondary N) is 1. The van der Waals surface area contributed by atoms with E-state index in [4.69, 9.17) is 44.3 Å². The molecule has 280 valence electrons. The molecule has 1 N–H and O–H groups in total. The molecule has 1 unspecified atom stereocenters. The van der Waals surface area contributed by atoms with Gasteiger partial charge in [-0.1, -0.05) is 102 Å². The maximum atomic E-state index is 14.9. The summed E-state index contributed by atoms with van der Waals surface area (Å²) in [5.74, 6) is 0.922. The second kappa shape index (κ2) is 16.6. The quantitative estimate of drug-likeness (QED) is 0.197. The molecule has 2 atom stereocenters. The summed E-state index contributed by atoms with van der Waals surface area (Å²) >= 11 is 18.7. The second-order valence-electron chi connectivity index (χ2n) is 14.6. The Bertz CT molecular complexity index is 1770. The van der Waals surface area contributed by atoms with Crippen LogP contribution in [-0.2, 0) is 22.4 Å². The van der Waals surface area contributed by atoms with Crippen LogP contribution >= 0.6 is 47.2 Å². The van der Waals surface area contributed by atoms with Crippen LogP contribution in [0, 0.1) is 20.8 Å². The van der Waals surface area contributed by atoms with Crippen LogP contribution < -0.4 is 10.1 Å². The Morgan fingerprint density at radius 2 is 1.54 bits per heavy atom. The van der Waals surface area contributed by atoms with Crippen molar-refractivity contribution in [3.8, 4) is 5.75 Å². The molecule has 3 aliphatic rings. The third-order valence-corrected chi connectivity index (χ3v) is 11.9. The zero-order valence-corrected chi connectivity index (χ0v) is 33.6. The van der Waals surface area contributed by atoms with E-state index in [2.05, 4.69) is 74.6 Å². The number of carbonyl (C=O) groups excluding carboxylic acids is 2. The Balaban J connectivity index is 0.00000523. The minimum atomic E-state index is -1.84. The number of rotatable bonds is 11. The van der Waals surface area contributed by atoms with E-state index < -0.39 is 21.5 Å². The number of fused-ring (bicyclic) bond motifs is 2. The predicted octanol–water partition coefficient (Wildman–Crippen LogP) is 8.97. The molecule has 1 aliphatic carbocycles. The summed E-state index contributed by atoms with van der Waals surface area (Å²) in [6.45, 7) is 11.6. The van der Waals surface area contributed by atoms with Gasteiger partial charge < -0.3 is 19.7 Å². The lowest BCUT2D eigenvalue weighted by Crippen LogP contribution is -2.64. The number of amides is 2. The number of nitrogens with zero attached hydrogens (tertiary/aromatic N) is 2. The largest absolute Gasteiger partial charge is 0.493 e. The molecule has 0 aromatic heterocycles. The van der Waals surface area contributed by atoms with Gasteiger partial charge in [-0.3, -0.25) is 9.69 Å². The van der Waals surface area contributed by atoms with Gasteiger partial charge in [-0.15, -0.1) is 12.4 Å². The van der Waals surface area contributed by atoms with Crippen LogP contribution in [0.4, 0.5) is 4.79 Å². The maximum absolute atomic E-state index is 14.9. The van der Waals surface area contributed by atoms with E-state index in [0.717, 1.165) is 53.7 Å². The van der Waals surface area contributed by atoms with Crippen LogP contribution in [0.3, 0.4) is 0 Å². The van der Waals surface area contributed by atoms with Crippen molar-refractivity contribution in [1.29, 1.82) is 0 Å². The Kier molecular flexibility index (Phi) is 12.9. The molecular formula is C41H49Cl4N3O4. The number of hydrogen-bond acceptors (Lipinski definition) is 5. The zero-order valence-electron chi connectivity index (χ0n) is 30.5. The molecule has 1 saturated carbocycles. The molecule has 2 amide bonds. The van der Waals surface area contributed by atoms with Gasteiger partial charge in [-0.05, 0) is 99.3 Å². The van der Waals surface area contributed by atoms with Crippen molar-refractivity contribution in [2.75, 3.05) is 26.2 Å². The summed E-state index contributed by atoms with van der Waals surface area (Å²) in [6, 6.07) is 22.3. The number of halogens is 4. The van der Waals surface area contributed by atoms with Gasteiger partial charge in [-0.2, -0.15) is 0 Å². The molecule has 3 aromatic rings. The molecule has 3 aromatic carbocycles. The van der Waals surface area contributed by atoms with Gasteiger partial charge in [0, 0.05) is 37.7 Å². The minimum absolute atomic E-state index is 0. The number of aryl methyl sites for hydroxylation is 2. The highest BCUT2D eigenvalue weighted by Crippen LogP contribution is 2.43. The maximum Gasteiger partial charge on any atom is 0.411 e. The SMILES string of the molecule is Cc1ccc(C)c(OCCc2ccc(C3=C(C(=O)N(CCc4ccccc4)C4CC4)[C@H]4CNCC(C3)N4C(=O)OC(C)(C)C(Cl)(Cl)Cl)cc2)c1C.Cl. The Morgan fingerprint density at radius 3 is 2.19 bits per heavy atom.